The van der Waals surface area contributed by atoms with Gasteiger partial charge in [0, 0.05) is 57.1 Å². The van der Waals surface area contributed by atoms with Gasteiger partial charge < -0.3 is 9.80 Å². The average molecular weight is 419 g/mol. The predicted molar refractivity (Wildman–Crippen MR) is 113 cm³/mol. The molecule has 2 aromatic carbocycles. The van der Waals surface area contributed by atoms with E-state index in [1.807, 2.05) is 12.1 Å². The second-order valence-electron chi connectivity index (χ2n) is 7.98. The van der Waals surface area contributed by atoms with Crippen LogP contribution in [0.5, 0.6) is 0 Å². The summed E-state index contributed by atoms with van der Waals surface area (Å²) >= 11 is 0. The first-order chi connectivity index (χ1) is 14.2. The Morgan fingerprint density at radius 1 is 1.00 bits per heavy atom. The molecule has 4 nitrogen and oxygen atoms in total. The largest absolute Gasteiger partial charge is 0.416 e. The zero-order chi connectivity index (χ0) is 21.9. The van der Waals surface area contributed by atoms with E-state index in [2.05, 4.69) is 23.6 Å². The summed E-state index contributed by atoms with van der Waals surface area (Å²) in [5.74, 6) is -0.303. The quantitative estimate of drug-likeness (QED) is 0.714. The van der Waals surface area contributed by atoms with Crippen molar-refractivity contribution in [3.05, 3.63) is 65.2 Å². The molecule has 1 saturated heterocycles. The zero-order valence-electron chi connectivity index (χ0n) is 17.6. The molecule has 30 heavy (non-hydrogen) atoms. The molecule has 0 unspecified atom stereocenters. The van der Waals surface area contributed by atoms with E-state index < -0.39 is 11.7 Å². The summed E-state index contributed by atoms with van der Waals surface area (Å²) in [7, 11) is 1.52. The maximum Gasteiger partial charge on any atom is 0.416 e. The Hall–Kier alpha value is -2.54. The molecule has 0 atom stereocenters. The third kappa shape index (κ3) is 5.14. The van der Waals surface area contributed by atoms with E-state index in [9.17, 15) is 18.0 Å². The third-order valence-electron chi connectivity index (χ3n) is 5.60. The molecule has 162 valence electrons. The van der Waals surface area contributed by atoms with Crippen molar-refractivity contribution in [1.29, 1.82) is 0 Å². The van der Waals surface area contributed by atoms with Crippen LogP contribution in [0.3, 0.4) is 0 Å². The lowest BCUT2D eigenvalue weighted by molar-refractivity contribution is -0.138. The van der Waals surface area contributed by atoms with Gasteiger partial charge in [-0.3, -0.25) is 9.69 Å². The van der Waals surface area contributed by atoms with E-state index in [0.29, 0.717) is 11.6 Å². The van der Waals surface area contributed by atoms with Crippen LogP contribution in [0, 0.1) is 0 Å². The first-order valence-corrected chi connectivity index (χ1v) is 10.2. The highest BCUT2D eigenvalue weighted by atomic mass is 19.4. The molecule has 1 amide bonds. The SMILES string of the molecule is CC(C)N1CCN(c2ccc(C(=O)N(C)Cc3ccccc3C(F)(F)F)cc2)CC1. The van der Waals surface area contributed by atoms with Crippen LogP contribution in [-0.2, 0) is 12.7 Å². The molecule has 0 spiro atoms. The number of hydrogen-bond donors (Lipinski definition) is 0. The lowest BCUT2D eigenvalue weighted by atomic mass is 10.1. The van der Waals surface area contributed by atoms with Gasteiger partial charge >= 0.3 is 6.18 Å². The normalized spacial score (nSPS) is 15.5. The highest BCUT2D eigenvalue weighted by molar-refractivity contribution is 5.94. The zero-order valence-corrected chi connectivity index (χ0v) is 17.6. The van der Waals surface area contributed by atoms with Gasteiger partial charge in [-0.05, 0) is 49.7 Å². The molecular formula is C23H28F3N3O. The number of nitrogens with zero attached hydrogens (tertiary/aromatic N) is 3. The molecule has 0 aliphatic carbocycles. The second-order valence-corrected chi connectivity index (χ2v) is 7.98. The molecule has 2 aromatic rings. The second kappa shape index (κ2) is 9.08. The van der Waals surface area contributed by atoms with Gasteiger partial charge in [0.2, 0.25) is 0 Å². The molecule has 0 bridgehead atoms. The van der Waals surface area contributed by atoms with Crippen LogP contribution in [0.1, 0.15) is 35.3 Å². The molecule has 7 heteroatoms. The standard InChI is InChI=1S/C23H28F3N3O/c1-17(2)28-12-14-29(15-13-28)20-10-8-18(9-11-20)22(30)27(3)16-19-6-4-5-7-21(19)23(24,25)26/h4-11,17H,12-16H2,1-3H3. The minimum absolute atomic E-state index is 0.0838. The van der Waals surface area contributed by atoms with Crippen LogP contribution in [0.15, 0.2) is 48.5 Å². The van der Waals surface area contributed by atoms with Gasteiger partial charge in [-0.15, -0.1) is 0 Å². The summed E-state index contributed by atoms with van der Waals surface area (Å²) in [6, 6.07) is 13.2. The van der Waals surface area contributed by atoms with Gasteiger partial charge in [-0.25, -0.2) is 0 Å². The number of piperazine rings is 1. The summed E-state index contributed by atoms with van der Waals surface area (Å²) in [6.07, 6.45) is -4.44. The molecule has 1 heterocycles. The van der Waals surface area contributed by atoms with Gasteiger partial charge in [0.05, 0.1) is 5.56 Å². The first-order valence-electron chi connectivity index (χ1n) is 10.2. The van der Waals surface area contributed by atoms with Crippen LogP contribution < -0.4 is 4.90 Å². The highest BCUT2D eigenvalue weighted by Gasteiger charge is 2.33. The van der Waals surface area contributed by atoms with Gasteiger partial charge in [0.25, 0.3) is 5.91 Å². The molecule has 0 N–H and O–H groups in total. The number of carbonyl (C=O) groups is 1. The highest BCUT2D eigenvalue weighted by Crippen LogP contribution is 2.32. The monoisotopic (exact) mass is 419 g/mol. The van der Waals surface area contributed by atoms with Crippen LogP contribution in [0.25, 0.3) is 0 Å². The predicted octanol–water partition coefficient (Wildman–Crippen LogP) is 4.51. The maximum atomic E-state index is 13.2. The molecule has 0 saturated carbocycles. The van der Waals surface area contributed by atoms with Crippen molar-refractivity contribution in [3.63, 3.8) is 0 Å². The van der Waals surface area contributed by atoms with E-state index in [1.165, 1.54) is 24.1 Å². The Morgan fingerprint density at radius 3 is 2.17 bits per heavy atom. The minimum atomic E-state index is -4.44. The number of anilines is 1. The van der Waals surface area contributed by atoms with Crippen molar-refractivity contribution in [2.24, 2.45) is 0 Å². The molecule has 3 rings (SSSR count). The van der Waals surface area contributed by atoms with E-state index in [0.717, 1.165) is 37.9 Å². The van der Waals surface area contributed by atoms with Crippen molar-refractivity contribution < 1.29 is 18.0 Å². The summed E-state index contributed by atoms with van der Waals surface area (Å²) in [6.45, 7) is 8.14. The summed E-state index contributed by atoms with van der Waals surface area (Å²) in [4.78, 5) is 18.8. The van der Waals surface area contributed by atoms with Crippen LogP contribution in [0.4, 0.5) is 18.9 Å². The molecule has 1 aliphatic heterocycles. The topological polar surface area (TPSA) is 26.8 Å². The summed E-state index contributed by atoms with van der Waals surface area (Å²) < 4.78 is 39.6. The summed E-state index contributed by atoms with van der Waals surface area (Å²) in [5.41, 5.74) is 0.896. The molecular weight excluding hydrogens is 391 g/mol. The minimum Gasteiger partial charge on any atom is -0.369 e. The smallest absolute Gasteiger partial charge is 0.369 e. The van der Waals surface area contributed by atoms with Crippen molar-refractivity contribution in [2.75, 3.05) is 38.1 Å². The first kappa shape index (κ1) is 22.2. The van der Waals surface area contributed by atoms with Crippen LogP contribution >= 0.6 is 0 Å². The third-order valence-corrected chi connectivity index (χ3v) is 5.60. The Bertz CT molecular complexity index is 857. The fraction of sp³-hybridized carbons (Fsp3) is 0.435. The Kier molecular flexibility index (Phi) is 6.71. The number of halogens is 3. The summed E-state index contributed by atoms with van der Waals surface area (Å²) in [5, 5.41) is 0. The average Bonchev–Trinajstić information content (AvgIpc) is 2.73. The number of amides is 1. The van der Waals surface area contributed by atoms with Crippen LogP contribution in [0.2, 0.25) is 0 Å². The van der Waals surface area contributed by atoms with Gasteiger partial charge in [0.15, 0.2) is 0 Å². The molecule has 0 aromatic heterocycles. The van der Waals surface area contributed by atoms with E-state index in [-0.39, 0.29) is 18.0 Å². The van der Waals surface area contributed by atoms with Crippen molar-refractivity contribution in [3.8, 4) is 0 Å². The fourth-order valence-electron chi connectivity index (χ4n) is 3.79. The number of rotatable bonds is 5. The van der Waals surface area contributed by atoms with Crippen molar-refractivity contribution >= 4 is 11.6 Å². The van der Waals surface area contributed by atoms with E-state index >= 15 is 0 Å². The number of benzene rings is 2. The lowest BCUT2D eigenvalue weighted by Gasteiger charge is -2.38. The number of carbonyl (C=O) groups excluding carboxylic acids is 1. The maximum absolute atomic E-state index is 13.2. The fourth-order valence-corrected chi connectivity index (χ4v) is 3.79. The lowest BCUT2D eigenvalue weighted by Crippen LogP contribution is -2.48. The Morgan fingerprint density at radius 2 is 1.60 bits per heavy atom. The Labute approximate surface area is 175 Å². The number of hydrogen-bond acceptors (Lipinski definition) is 3. The molecule has 0 radical (unpaired) electrons. The Balaban J connectivity index is 1.65. The van der Waals surface area contributed by atoms with E-state index in [4.69, 9.17) is 0 Å². The molecule has 1 aliphatic rings. The van der Waals surface area contributed by atoms with Gasteiger partial charge in [-0.1, -0.05) is 18.2 Å². The van der Waals surface area contributed by atoms with Gasteiger partial charge in [-0.2, -0.15) is 13.2 Å². The van der Waals surface area contributed by atoms with E-state index in [1.54, 1.807) is 18.2 Å². The van der Waals surface area contributed by atoms with Crippen molar-refractivity contribution in [2.45, 2.75) is 32.6 Å². The number of alkyl halides is 3. The van der Waals surface area contributed by atoms with Gasteiger partial charge in [0.1, 0.15) is 0 Å². The van der Waals surface area contributed by atoms with Crippen molar-refractivity contribution in [1.82, 2.24) is 9.80 Å². The molecule has 1 fully saturated rings. The van der Waals surface area contributed by atoms with Crippen LogP contribution in [-0.4, -0.2) is 55.0 Å².